The number of amides is 1. The number of aliphatic hydroxyl groups excluding tert-OH is 1. The van der Waals surface area contributed by atoms with Gasteiger partial charge in [-0.25, -0.2) is 10.8 Å². The maximum atomic E-state index is 12.4. The van der Waals surface area contributed by atoms with Crippen LogP contribution in [0.1, 0.15) is 28.9 Å². The van der Waals surface area contributed by atoms with Crippen molar-refractivity contribution in [3.63, 3.8) is 0 Å². The molecular formula is C13H20N4O2. The summed E-state index contributed by atoms with van der Waals surface area (Å²) in [6.45, 7) is 3.47. The standard InChI is InChI=1S/C13H20N4O2/c1-9-6-11(7-12(15-9)16-14)13(19)17-4-2-10(8-17)3-5-18/h6-7,10,18H,2-5,8,14H2,1H3,(H,15,16). The number of carbonyl (C=O) groups is 1. The highest BCUT2D eigenvalue weighted by Gasteiger charge is 2.26. The largest absolute Gasteiger partial charge is 0.396 e. The number of likely N-dealkylation sites (tertiary alicyclic amines) is 1. The lowest BCUT2D eigenvalue weighted by atomic mass is 10.1. The third-order valence-corrected chi connectivity index (χ3v) is 3.46. The molecule has 0 bridgehead atoms. The van der Waals surface area contributed by atoms with Gasteiger partial charge in [-0.15, -0.1) is 0 Å². The van der Waals surface area contributed by atoms with Crippen LogP contribution in [-0.2, 0) is 0 Å². The molecule has 1 aromatic rings. The minimum absolute atomic E-state index is 0.00226. The predicted octanol–water partition coefficient (Wildman–Crippen LogP) is 0.520. The molecule has 1 aromatic heterocycles. The van der Waals surface area contributed by atoms with E-state index in [0.29, 0.717) is 23.8 Å². The third-order valence-electron chi connectivity index (χ3n) is 3.46. The van der Waals surface area contributed by atoms with E-state index in [1.54, 1.807) is 12.1 Å². The lowest BCUT2D eigenvalue weighted by Crippen LogP contribution is -2.29. The molecule has 0 aromatic carbocycles. The highest BCUT2D eigenvalue weighted by molar-refractivity contribution is 5.95. The van der Waals surface area contributed by atoms with Crippen molar-refractivity contribution in [2.75, 3.05) is 25.1 Å². The molecule has 19 heavy (non-hydrogen) atoms. The number of aryl methyl sites for hydroxylation is 1. The molecule has 0 saturated carbocycles. The Kier molecular flexibility index (Phi) is 4.34. The molecule has 1 aliphatic heterocycles. The first-order chi connectivity index (χ1) is 9.13. The number of anilines is 1. The van der Waals surface area contributed by atoms with Crippen LogP contribution in [0.25, 0.3) is 0 Å². The number of aromatic nitrogens is 1. The zero-order valence-corrected chi connectivity index (χ0v) is 11.1. The van der Waals surface area contributed by atoms with Crippen LogP contribution in [0.3, 0.4) is 0 Å². The molecule has 0 spiro atoms. The van der Waals surface area contributed by atoms with E-state index in [1.807, 2.05) is 11.8 Å². The molecule has 0 radical (unpaired) electrons. The molecule has 1 unspecified atom stereocenters. The molecular weight excluding hydrogens is 244 g/mol. The summed E-state index contributed by atoms with van der Waals surface area (Å²) in [4.78, 5) is 18.4. The summed E-state index contributed by atoms with van der Waals surface area (Å²) in [6.07, 6.45) is 1.72. The Hall–Kier alpha value is -1.66. The van der Waals surface area contributed by atoms with Crippen molar-refractivity contribution in [2.24, 2.45) is 11.8 Å². The summed E-state index contributed by atoms with van der Waals surface area (Å²) in [5.74, 6) is 6.24. The van der Waals surface area contributed by atoms with Crippen molar-refractivity contribution in [2.45, 2.75) is 19.8 Å². The predicted molar refractivity (Wildman–Crippen MR) is 72.5 cm³/mol. The monoisotopic (exact) mass is 264 g/mol. The average Bonchev–Trinajstić information content (AvgIpc) is 2.86. The second-order valence-electron chi connectivity index (χ2n) is 4.94. The van der Waals surface area contributed by atoms with Gasteiger partial charge < -0.3 is 15.4 Å². The summed E-state index contributed by atoms with van der Waals surface area (Å²) in [5.41, 5.74) is 3.82. The van der Waals surface area contributed by atoms with Gasteiger partial charge in [-0.05, 0) is 37.8 Å². The first-order valence-corrected chi connectivity index (χ1v) is 6.49. The lowest BCUT2D eigenvalue weighted by Gasteiger charge is -2.17. The zero-order valence-electron chi connectivity index (χ0n) is 11.1. The smallest absolute Gasteiger partial charge is 0.254 e. The number of hydrogen-bond acceptors (Lipinski definition) is 5. The van der Waals surface area contributed by atoms with Crippen molar-refractivity contribution in [3.8, 4) is 0 Å². The van der Waals surface area contributed by atoms with Crippen LogP contribution >= 0.6 is 0 Å². The van der Waals surface area contributed by atoms with Gasteiger partial charge in [-0.2, -0.15) is 0 Å². The van der Waals surface area contributed by atoms with E-state index in [4.69, 9.17) is 10.9 Å². The number of pyridine rings is 1. The number of carbonyl (C=O) groups excluding carboxylic acids is 1. The number of nitrogens with zero attached hydrogens (tertiary/aromatic N) is 2. The molecule has 1 amide bonds. The molecule has 6 heteroatoms. The first kappa shape index (κ1) is 13.8. The summed E-state index contributed by atoms with van der Waals surface area (Å²) in [7, 11) is 0. The molecule has 1 aliphatic rings. The van der Waals surface area contributed by atoms with Gasteiger partial charge in [0.25, 0.3) is 5.91 Å². The summed E-state index contributed by atoms with van der Waals surface area (Å²) in [5, 5.41) is 8.94. The van der Waals surface area contributed by atoms with Crippen molar-refractivity contribution in [1.82, 2.24) is 9.88 Å². The van der Waals surface area contributed by atoms with Gasteiger partial charge in [0.05, 0.1) is 0 Å². The number of nitrogens with two attached hydrogens (primary N) is 1. The van der Waals surface area contributed by atoms with Gasteiger partial charge in [-0.1, -0.05) is 0 Å². The van der Waals surface area contributed by atoms with Crippen LogP contribution in [0.4, 0.5) is 5.82 Å². The SMILES string of the molecule is Cc1cc(C(=O)N2CCC(CCO)C2)cc(NN)n1. The van der Waals surface area contributed by atoms with Crippen LogP contribution in [0.15, 0.2) is 12.1 Å². The molecule has 1 fully saturated rings. The Labute approximate surface area is 112 Å². The summed E-state index contributed by atoms with van der Waals surface area (Å²) >= 11 is 0. The Morgan fingerprint density at radius 1 is 1.63 bits per heavy atom. The minimum Gasteiger partial charge on any atom is -0.396 e. The van der Waals surface area contributed by atoms with E-state index in [9.17, 15) is 4.79 Å². The molecule has 2 heterocycles. The molecule has 2 rings (SSSR count). The fourth-order valence-electron chi connectivity index (χ4n) is 2.48. The molecule has 0 aliphatic carbocycles. The number of nitrogen functional groups attached to an aromatic ring is 1. The van der Waals surface area contributed by atoms with Crippen LogP contribution in [0.2, 0.25) is 0 Å². The summed E-state index contributed by atoms with van der Waals surface area (Å²) in [6, 6.07) is 3.43. The molecule has 6 nitrogen and oxygen atoms in total. The number of hydrogen-bond donors (Lipinski definition) is 3. The van der Waals surface area contributed by atoms with Gasteiger partial charge >= 0.3 is 0 Å². The van der Waals surface area contributed by atoms with Crippen LogP contribution < -0.4 is 11.3 Å². The average molecular weight is 264 g/mol. The van der Waals surface area contributed by atoms with E-state index in [1.165, 1.54) is 0 Å². The number of nitrogens with one attached hydrogen (secondary N) is 1. The maximum Gasteiger partial charge on any atom is 0.254 e. The zero-order chi connectivity index (χ0) is 13.8. The highest BCUT2D eigenvalue weighted by atomic mass is 16.3. The van der Waals surface area contributed by atoms with Crippen molar-refractivity contribution < 1.29 is 9.90 Å². The van der Waals surface area contributed by atoms with Gasteiger partial charge in [0.15, 0.2) is 0 Å². The Morgan fingerprint density at radius 3 is 3.11 bits per heavy atom. The topological polar surface area (TPSA) is 91.5 Å². The Bertz CT molecular complexity index is 464. The first-order valence-electron chi connectivity index (χ1n) is 6.49. The fourth-order valence-corrected chi connectivity index (χ4v) is 2.48. The second kappa shape index (κ2) is 5.99. The Morgan fingerprint density at radius 2 is 2.42 bits per heavy atom. The van der Waals surface area contributed by atoms with Crippen LogP contribution in [0.5, 0.6) is 0 Å². The lowest BCUT2D eigenvalue weighted by molar-refractivity contribution is 0.0784. The summed E-state index contributed by atoms with van der Waals surface area (Å²) < 4.78 is 0. The number of rotatable bonds is 4. The van der Waals surface area contributed by atoms with E-state index in [-0.39, 0.29) is 12.5 Å². The van der Waals surface area contributed by atoms with Gasteiger partial charge in [-0.3, -0.25) is 4.79 Å². The third kappa shape index (κ3) is 3.21. The van der Waals surface area contributed by atoms with E-state index in [2.05, 4.69) is 10.4 Å². The molecule has 104 valence electrons. The van der Waals surface area contributed by atoms with Crippen molar-refractivity contribution in [3.05, 3.63) is 23.4 Å². The molecule has 4 N–H and O–H groups in total. The molecule has 1 atom stereocenters. The van der Waals surface area contributed by atoms with Gasteiger partial charge in [0, 0.05) is 31.0 Å². The quantitative estimate of drug-likeness (QED) is 0.545. The normalized spacial score (nSPS) is 18.7. The molecule has 1 saturated heterocycles. The Balaban J connectivity index is 2.10. The van der Waals surface area contributed by atoms with Crippen LogP contribution in [0, 0.1) is 12.8 Å². The maximum absolute atomic E-state index is 12.4. The van der Waals surface area contributed by atoms with Crippen molar-refractivity contribution in [1.29, 1.82) is 0 Å². The van der Waals surface area contributed by atoms with E-state index in [0.717, 1.165) is 25.1 Å². The minimum atomic E-state index is 0.00226. The van der Waals surface area contributed by atoms with Crippen LogP contribution in [-0.4, -0.2) is 40.6 Å². The second-order valence-corrected chi connectivity index (χ2v) is 4.94. The van der Waals surface area contributed by atoms with E-state index >= 15 is 0 Å². The van der Waals surface area contributed by atoms with E-state index < -0.39 is 0 Å². The highest BCUT2D eigenvalue weighted by Crippen LogP contribution is 2.22. The fraction of sp³-hybridized carbons (Fsp3) is 0.538. The number of aliphatic hydroxyl groups is 1. The number of hydrazine groups is 1. The van der Waals surface area contributed by atoms with Crippen molar-refractivity contribution >= 4 is 11.7 Å². The van der Waals surface area contributed by atoms with Gasteiger partial charge in [0.2, 0.25) is 0 Å². The van der Waals surface area contributed by atoms with Gasteiger partial charge in [0.1, 0.15) is 5.82 Å².